The highest BCUT2D eigenvalue weighted by atomic mass is 32.1. The molecule has 0 saturated heterocycles. The maximum atomic E-state index is 12.8. The molecule has 0 radical (unpaired) electrons. The van der Waals surface area contributed by atoms with Gasteiger partial charge in [0.2, 0.25) is 5.88 Å². The quantitative estimate of drug-likeness (QED) is 0.687. The first kappa shape index (κ1) is 18.6. The average Bonchev–Trinajstić information content (AvgIpc) is 2.98. The van der Waals surface area contributed by atoms with E-state index < -0.39 is 0 Å². The van der Waals surface area contributed by atoms with Crippen molar-refractivity contribution in [1.82, 2.24) is 15.3 Å². The number of carbonyl (C=O) groups excluding carboxylic acids is 1. The summed E-state index contributed by atoms with van der Waals surface area (Å²) in [5.74, 6) is 0.568. The molecule has 26 heavy (non-hydrogen) atoms. The van der Waals surface area contributed by atoms with Crippen molar-refractivity contribution >= 4 is 22.4 Å². The number of aryl methyl sites for hydroxylation is 1. The first-order valence-corrected chi connectivity index (χ1v) is 9.53. The Kier molecular flexibility index (Phi) is 5.73. The van der Waals surface area contributed by atoms with Crippen LogP contribution in [0.3, 0.4) is 0 Å². The third-order valence-corrected chi connectivity index (χ3v) is 5.68. The maximum absolute atomic E-state index is 12.8. The number of nitrogens with one attached hydrogen (secondary N) is 2. The molecule has 1 fully saturated rings. The number of nitrogens with zero attached hydrogens (tertiary/aromatic N) is 2. The Morgan fingerprint density at radius 3 is 2.81 bits per heavy atom. The lowest BCUT2D eigenvalue weighted by atomic mass is 9.75. The molecule has 7 nitrogen and oxygen atoms in total. The number of ether oxygens (including phenoxy) is 1. The molecule has 1 aliphatic carbocycles. The topological polar surface area (TPSA) is 96.4 Å². The van der Waals surface area contributed by atoms with Gasteiger partial charge in [0.1, 0.15) is 4.88 Å². The van der Waals surface area contributed by atoms with Crippen LogP contribution in [0.1, 0.15) is 46.7 Å². The van der Waals surface area contributed by atoms with Crippen LogP contribution in [-0.4, -0.2) is 40.7 Å². The fraction of sp³-hybridized carbons (Fsp3) is 0.500. The van der Waals surface area contributed by atoms with Crippen LogP contribution in [0.25, 0.3) is 0 Å². The summed E-state index contributed by atoms with van der Waals surface area (Å²) in [4.78, 5) is 22.1. The number of pyridine rings is 1. The number of amides is 1. The fourth-order valence-electron chi connectivity index (χ4n) is 3.11. The summed E-state index contributed by atoms with van der Waals surface area (Å²) in [6.45, 7) is 4.59. The summed E-state index contributed by atoms with van der Waals surface area (Å²) < 4.78 is 5.11. The summed E-state index contributed by atoms with van der Waals surface area (Å²) >= 11 is 1.35. The smallest absolute Gasteiger partial charge is 0.263 e. The zero-order valence-corrected chi connectivity index (χ0v) is 16.0. The highest BCUT2D eigenvalue weighted by Gasteiger charge is 2.36. The van der Waals surface area contributed by atoms with Crippen molar-refractivity contribution in [3.8, 4) is 5.88 Å². The largest absolute Gasteiger partial charge is 0.481 e. The van der Waals surface area contributed by atoms with Crippen LogP contribution in [0, 0.1) is 12.8 Å². The first-order valence-electron chi connectivity index (χ1n) is 8.72. The number of hydrogen-bond acceptors (Lipinski definition) is 7. The average molecular weight is 376 g/mol. The number of hydrogen-bond donors (Lipinski definition) is 3. The molecule has 1 aliphatic rings. The van der Waals surface area contributed by atoms with E-state index in [9.17, 15) is 9.90 Å². The molecule has 0 unspecified atom stereocenters. The number of aliphatic hydroxyl groups is 1. The molecular weight excluding hydrogens is 352 g/mol. The molecular formula is C18H24N4O3S. The third kappa shape index (κ3) is 3.96. The van der Waals surface area contributed by atoms with E-state index in [4.69, 9.17) is 4.74 Å². The zero-order chi connectivity index (χ0) is 18.7. The predicted molar refractivity (Wildman–Crippen MR) is 101 cm³/mol. The van der Waals surface area contributed by atoms with E-state index >= 15 is 0 Å². The van der Waals surface area contributed by atoms with Crippen molar-refractivity contribution in [2.75, 3.05) is 19.0 Å². The number of thiazole rings is 1. The molecule has 3 rings (SSSR count). The first-order chi connectivity index (χ1) is 12.5. The molecule has 0 bridgehead atoms. The monoisotopic (exact) mass is 376 g/mol. The second-order valence-corrected chi connectivity index (χ2v) is 7.43. The molecule has 140 valence electrons. The lowest BCUT2D eigenvalue weighted by molar-refractivity contribution is 0.0235. The van der Waals surface area contributed by atoms with Crippen molar-refractivity contribution in [2.45, 2.75) is 38.8 Å². The lowest BCUT2D eigenvalue weighted by Crippen LogP contribution is -2.41. The fourth-order valence-corrected chi connectivity index (χ4v) is 4.05. The van der Waals surface area contributed by atoms with Gasteiger partial charge in [-0.15, -0.1) is 0 Å². The molecule has 1 saturated carbocycles. The van der Waals surface area contributed by atoms with Crippen molar-refractivity contribution < 1.29 is 14.6 Å². The number of carbonyl (C=O) groups is 1. The minimum atomic E-state index is -0.295. The van der Waals surface area contributed by atoms with E-state index in [1.807, 2.05) is 19.9 Å². The van der Waals surface area contributed by atoms with Crippen molar-refractivity contribution in [1.29, 1.82) is 0 Å². The van der Waals surface area contributed by atoms with E-state index in [0.717, 1.165) is 17.2 Å². The van der Waals surface area contributed by atoms with Gasteiger partial charge in [0, 0.05) is 18.8 Å². The Hall–Kier alpha value is -2.19. The summed E-state index contributed by atoms with van der Waals surface area (Å²) in [7, 11) is 1.57. The number of anilines is 1. The van der Waals surface area contributed by atoms with Gasteiger partial charge < -0.3 is 20.5 Å². The second kappa shape index (κ2) is 8.01. The van der Waals surface area contributed by atoms with Crippen LogP contribution in [0.5, 0.6) is 5.88 Å². The van der Waals surface area contributed by atoms with Gasteiger partial charge in [0.05, 0.1) is 24.9 Å². The van der Waals surface area contributed by atoms with Gasteiger partial charge in [-0.25, -0.2) is 9.97 Å². The number of aromatic nitrogens is 2. The molecule has 2 aromatic rings. The minimum Gasteiger partial charge on any atom is -0.481 e. The summed E-state index contributed by atoms with van der Waals surface area (Å²) in [6, 6.07) is 3.49. The highest BCUT2D eigenvalue weighted by Crippen LogP contribution is 2.38. The van der Waals surface area contributed by atoms with E-state index in [1.165, 1.54) is 11.3 Å². The molecule has 2 heterocycles. The molecule has 3 N–H and O–H groups in total. The van der Waals surface area contributed by atoms with Crippen LogP contribution in [0.4, 0.5) is 5.13 Å². The van der Waals surface area contributed by atoms with Crippen LogP contribution in [0.2, 0.25) is 0 Å². The lowest BCUT2D eigenvalue weighted by Gasteiger charge is -2.38. The highest BCUT2D eigenvalue weighted by molar-refractivity contribution is 7.17. The van der Waals surface area contributed by atoms with Crippen LogP contribution < -0.4 is 15.4 Å². The van der Waals surface area contributed by atoms with Crippen LogP contribution >= 0.6 is 11.3 Å². The Morgan fingerprint density at radius 1 is 1.46 bits per heavy atom. The molecule has 0 aromatic carbocycles. The van der Waals surface area contributed by atoms with Crippen LogP contribution in [0.15, 0.2) is 18.3 Å². The molecule has 1 atom stereocenters. The van der Waals surface area contributed by atoms with E-state index in [2.05, 4.69) is 20.6 Å². The summed E-state index contributed by atoms with van der Waals surface area (Å²) in [5, 5.41) is 16.7. The van der Waals surface area contributed by atoms with E-state index in [-0.39, 0.29) is 24.0 Å². The van der Waals surface area contributed by atoms with Crippen LogP contribution in [-0.2, 0) is 0 Å². The van der Waals surface area contributed by atoms with Gasteiger partial charge in [-0.1, -0.05) is 17.4 Å². The zero-order valence-electron chi connectivity index (χ0n) is 15.2. The van der Waals surface area contributed by atoms with E-state index in [1.54, 1.807) is 19.4 Å². The van der Waals surface area contributed by atoms with Gasteiger partial charge in [0.15, 0.2) is 5.13 Å². The van der Waals surface area contributed by atoms with Gasteiger partial charge in [-0.3, -0.25) is 4.79 Å². The predicted octanol–water partition coefficient (Wildman–Crippen LogP) is 2.53. The maximum Gasteiger partial charge on any atom is 0.263 e. The SMILES string of the molecule is CCNc1nc(C)c(C(=O)N[C@@H](c2ccc(OC)nc2)C2CC(O)C2)s1. The molecule has 0 aliphatic heterocycles. The van der Waals surface area contributed by atoms with Gasteiger partial charge in [-0.2, -0.15) is 0 Å². The Bertz CT molecular complexity index is 756. The normalized spacial score (nSPS) is 20.2. The van der Waals surface area contributed by atoms with E-state index in [0.29, 0.717) is 29.3 Å². The number of methoxy groups -OCH3 is 1. The van der Waals surface area contributed by atoms with Crippen molar-refractivity contribution in [3.63, 3.8) is 0 Å². The summed E-state index contributed by atoms with van der Waals surface area (Å²) in [6.07, 6.45) is 2.76. The van der Waals surface area contributed by atoms with Crippen molar-refractivity contribution in [2.24, 2.45) is 5.92 Å². The van der Waals surface area contributed by atoms with Gasteiger partial charge in [0.25, 0.3) is 5.91 Å². The molecule has 8 heteroatoms. The molecule has 1 amide bonds. The number of aliphatic hydroxyl groups excluding tert-OH is 1. The number of rotatable bonds is 7. The minimum absolute atomic E-state index is 0.147. The van der Waals surface area contributed by atoms with Crippen molar-refractivity contribution in [3.05, 3.63) is 34.5 Å². The third-order valence-electron chi connectivity index (χ3n) is 4.57. The Balaban J connectivity index is 1.79. The Morgan fingerprint density at radius 2 is 2.23 bits per heavy atom. The molecule has 2 aromatic heterocycles. The van der Waals surface area contributed by atoms with Gasteiger partial charge in [-0.05, 0) is 38.2 Å². The second-order valence-electron chi connectivity index (χ2n) is 6.43. The summed E-state index contributed by atoms with van der Waals surface area (Å²) in [5.41, 5.74) is 1.62. The standard InChI is InChI=1S/C18H24N4O3S/c1-4-19-18-21-10(2)16(26-18)17(24)22-15(12-7-13(23)8-12)11-5-6-14(25-3)20-9-11/h5-6,9,12-13,15,23H,4,7-8H2,1-3H3,(H,19,21)(H,22,24)/t12?,13?,15-/m0/s1. The Labute approximate surface area is 156 Å². The van der Waals surface area contributed by atoms with Gasteiger partial charge >= 0.3 is 0 Å². The molecule has 0 spiro atoms.